The van der Waals surface area contributed by atoms with Crippen molar-refractivity contribution in [1.82, 2.24) is 0 Å². The molecule has 0 aliphatic rings. The third kappa shape index (κ3) is 4.71. The van der Waals surface area contributed by atoms with Crippen molar-refractivity contribution >= 4 is 46.4 Å². The van der Waals surface area contributed by atoms with Gasteiger partial charge in [-0.15, -0.1) is 0 Å². The van der Waals surface area contributed by atoms with E-state index in [-0.39, 0.29) is 17.7 Å². The number of rotatable bonds is 4. The summed E-state index contributed by atoms with van der Waals surface area (Å²) in [6, 6.07) is 11.5. The lowest BCUT2D eigenvalue weighted by Crippen LogP contribution is -2.18. The van der Waals surface area contributed by atoms with Crippen LogP contribution < -0.4 is 10.6 Å². The molecule has 2 rings (SSSR count). The number of carbonyl (C=O) groups excluding carboxylic acids is 2. The molecule has 0 bridgehead atoms. The van der Waals surface area contributed by atoms with E-state index in [1.807, 2.05) is 0 Å². The van der Waals surface area contributed by atoms with Crippen molar-refractivity contribution in [3.05, 3.63) is 58.1 Å². The highest BCUT2D eigenvalue weighted by Crippen LogP contribution is 2.26. The van der Waals surface area contributed by atoms with Crippen LogP contribution >= 0.6 is 23.2 Å². The minimum absolute atomic E-state index is 0.0981. The normalized spacial score (nSPS) is 10.5. The average Bonchev–Trinajstić information content (AvgIpc) is 2.50. The molecular weight excluding hydrogens is 335 g/mol. The molecule has 0 aliphatic heterocycles. The Bertz CT molecular complexity index is 728. The van der Waals surface area contributed by atoms with Crippen LogP contribution in [0.15, 0.2) is 42.5 Å². The van der Waals surface area contributed by atoms with Gasteiger partial charge in [0.1, 0.15) is 0 Å². The Labute approximate surface area is 144 Å². The smallest absolute Gasteiger partial charge is 0.255 e. The first-order chi connectivity index (χ1) is 10.9. The highest BCUT2D eigenvalue weighted by atomic mass is 35.5. The SMILES string of the molecule is CC(C)C(=O)Nc1ccc(NC(=O)c2ccc(Cl)cc2)c(Cl)c1. The number of benzene rings is 2. The van der Waals surface area contributed by atoms with E-state index < -0.39 is 0 Å². The van der Waals surface area contributed by atoms with Crippen LogP contribution in [-0.2, 0) is 4.79 Å². The lowest BCUT2D eigenvalue weighted by atomic mass is 10.2. The standard InChI is InChI=1S/C17H16Cl2N2O2/c1-10(2)16(22)20-13-7-8-15(14(19)9-13)21-17(23)11-3-5-12(18)6-4-11/h3-10H,1-2H3,(H,20,22)(H,21,23). The quantitative estimate of drug-likeness (QED) is 0.828. The summed E-state index contributed by atoms with van der Waals surface area (Å²) >= 11 is 12.0. The van der Waals surface area contributed by atoms with Gasteiger partial charge in [0.25, 0.3) is 5.91 Å². The lowest BCUT2D eigenvalue weighted by Gasteiger charge is -2.11. The van der Waals surface area contributed by atoms with Gasteiger partial charge < -0.3 is 10.6 Å². The number of hydrogen-bond donors (Lipinski definition) is 2. The largest absolute Gasteiger partial charge is 0.326 e. The molecule has 0 unspecified atom stereocenters. The second kappa shape index (κ2) is 7.49. The molecule has 2 aromatic carbocycles. The van der Waals surface area contributed by atoms with E-state index in [9.17, 15) is 9.59 Å². The monoisotopic (exact) mass is 350 g/mol. The number of carbonyl (C=O) groups is 2. The number of halogens is 2. The molecule has 0 saturated carbocycles. The Hall–Kier alpha value is -2.04. The molecule has 0 aliphatic carbocycles. The van der Waals surface area contributed by atoms with Gasteiger partial charge in [-0.05, 0) is 42.5 Å². The molecule has 0 aromatic heterocycles. The third-order valence-electron chi connectivity index (χ3n) is 3.12. The molecule has 23 heavy (non-hydrogen) atoms. The molecule has 0 heterocycles. The van der Waals surface area contributed by atoms with E-state index in [4.69, 9.17) is 23.2 Å². The maximum atomic E-state index is 12.1. The molecule has 6 heteroatoms. The summed E-state index contributed by atoms with van der Waals surface area (Å²) in [6.07, 6.45) is 0. The van der Waals surface area contributed by atoms with Crippen LogP contribution in [0.5, 0.6) is 0 Å². The van der Waals surface area contributed by atoms with E-state index >= 15 is 0 Å². The van der Waals surface area contributed by atoms with Crippen molar-refractivity contribution in [2.24, 2.45) is 5.92 Å². The molecule has 2 N–H and O–H groups in total. The van der Waals surface area contributed by atoms with Gasteiger partial charge in [-0.25, -0.2) is 0 Å². The van der Waals surface area contributed by atoms with Gasteiger partial charge in [0.2, 0.25) is 5.91 Å². The number of hydrogen-bond acceptors (Lipinski definition) is 2. The summed E-state index contributed by atoms with van der Waals surface area (Å²) < 4.78 is 0. The molecular formula is C17H16Cl2N2O2. The Morgan fingerprint density at radius 2 is 1.61 bits per heavy atom. The number of anilines is 2. The fourth-order valence-electron chi connectivity index (χ4n) is 1.78. The van der Waals surface area contributed by atoms with Crippen molar-refractivity contribution in [3.8, 4) is 0 Å². The average molecular weight is 351 g/mol. The minimum Gasteiger partial charge on any atom is -0.326 e. The van der Waals surface area contributed by atoms with E-state index in [1.54, 1.807) is 56.3 Å². The summed E-state index contributed by atoms with van der Waals surface area (Å²) in [5, 5.41) is 6.37. The van der Waals surface area contributed by atoms with Crippen LogP contribution in [0.2, 0.25) is 10.0 Å². The highest BCUT2D eigenvalue weighted by molar-refractivity contribution is 6.34. The molecule has 0 radical (unpaired) electrons. The Morgan fingerprint density at radius 3 is 2.17 bits per heavy atom. The van der Waals surface area contributed by atoms with Crippen molar-refractivity contribution in [2.45, 2.75) is 13.8 Å². The zero-order valence-corrected chi connectivity index (χ0v) is 14.2. The number of amides is 2. The zero-order valence-electron chi connectivity index (χ0n) is 12.7. The lowest BCUT2D eigenvalue weighted by molar-refractivity contribution is -0.118. The Morgan fingerprint density at radius 1 is 0.957 bits per heavy atom. The fourth-order valence-corrected chi connectivity index (χ4v) is 2.13. The van der Waals surface area contributed by atoms with Crippen molar-refractivity contribution in [3.63, 3.8) is 0 Å². The van der Waals surface area contributed by atoms with Gasteiger partial charge in [0, 0.05) is 22.2 Å². The van der Waals surface area contributed by atoms with Crippen LogP contribution in [0.25, 0.3) is 0 Å². The van der Waals surface area contributed by atoms with E-state index in [0.717, 1.165) is 0 Å². The Balaban J connectivity index is 2.10. The van der Waals surface area contributed by atoms with E-state index in [1.165, 1.54) is 0 Å². The summed E-state index contributed by atoms with van der Waals surface area (Å²) in [7, 11) is 0. The van der Waals surface area contributed by atoms with Crippen LogP contribution in [0.3, 0.4) is 0 Å². The van der Waals surface area contributed by atoms with Crippen LogP contribution in [0.1, 0.15) is 24.2 Å². The minimum atomic E-state index is -0.289. The number of nitrogens with one attached hydrogen (secondary N) is 2. The highest BCUT2D eigenvalue weighted by Gasteiger charge is 2.11. The second-order valence-electron chi connectivity index (χ2n) is 5.30. The van der Waals surface area contributed by atoms with Gasteiger partial charge in [-0.3, -0.25) is 9.59 Å². The van der Waals surface area contributed by atoms with E-state index in [0.29, 0.717) is 27.0 Å². The fraction of sp³-hybridized carbons (Fsp3) is 0.176. The van der Waals surface area contributed by atoms with Crippen molar-refractivity contribution < 1.29 is 9.59 Å². The zero-order chi connectivity index (χ0) is 17.0. The van der Waals surface area contributed by atoms with Crippen LogP contribution in [-0.4, -0.2) is 11.8 Å². The summed E-state index contributed by atoms with van der Waals surface area (Å²) in [4.78, 5) is 23.8. The van der Waals surface area contributed by atoms with Crippen LogP contribution in [0, 0.1) is 5.92 Å². The molecule has 2 amide bonds. The molecule has 4 nitrogen and oxygen atoms in total. The summed E-state index contributed by atoms with van der Waals surface area (Å²) in [6.45, 7) is 3.61. The first-order valence-electron chi connectivity index (χ1n) is 7.04. The topological polar surface area (TPSA) is 58.2 Å². The molecule has 0 saturated heterocycles. The van der Waals surface area contributed by atoms with Gasteiger partial charge in [0.15, 0.2) is 0 Å². The predicted octanol–water partition coefficient (Wildman–Crippen LogP) is 4.84. The molecule has 120 valence electrons. The third-order valence-corrected chi connectivity index (χ3v) is 3.68. The molecule has 0 atom stereocenters. The van der Waals surface area contributed by atoms with Crippen molar-refractivity contribution in [1.29, 1.82) is 0 Å². The van der Waals surface area contributed by atoms with Crippen molar-refractivity contribution in [2.75, 3.05) is 10.6 Å². The van der Waals surface area contributed by atoms with Crippen LogP contribution in [0.4, 0.5) is 11.4 Å². The molecule has 0 fully saturated rings. The maximum absolute atomic E-state index is 12.1. The Kier molecular flexibility index (Phi) is 5.64. The van der Waals surface area contributed by atoms with Gasteiger partial charge in [-0.2, -0.15) is 0 Å². The predicted molar refractivity (Wildman–Crippen MR) is 94.3 cm³/mol. The second-order valence-corrected chi connectivity index (χ2v) is 6.14. The van der Waals surface area contributed by atoms with Gasteiger partial charge in [0.05, 0.1) is 10.7 Å². The first kappa shape index (κ1) is 17.3. The summed E-state index contributed by atoms with van der Waals surface area (Å²) in [5.74, 6) is -0.514. The molecule has 2 aromatic rings. The first-order valence-corrected chi connectivity index (χ1v) is 7.79. The van der Waals surface area contributed by atoms with Gasteiger partial charge in [-0.1, -0.05) is 37.0 Å². The van der Waals surface area contributed by atoms with Gasteiger partial charge >= 0.3 is 0 Å². The maximum Gasteiger partial charge on any atom is 0.255 e. The van der Waals surface area contributed by atoms with E-state index in [2.05, 4.69) is 10.6 Å². The molecule has 0 spiro atoms. The summed E-state index contributed by atoms with van der Waals surface area (Å²) in [5.41, 5.74) is 1.52.